The first kappa shape index (κ1) is 13.3. The van der Waals surface area contributed by atoms with E-state index in [-0.39, 0.29) is 0 Å². The van der Waals surface area contributed by atoms with Gasteiger partial charge >= 0.3 is 0 Å². The van der Waals surface area contributed by atoms with Gasteiger partial charge in [-0.2, -0.15) is 5.10 Å². The van der Waals surface area contributed by atoms with Gasteiger partial charge < -0.3 is 10.1 Å². The summed E-state index contributed by atoms with van der Waals surface area (Å²) in [7, 11) is 1.60. The molecule has 0 amide bonds. The third kappa shape index (κ3) is 3.67. The molecule has 0 spiro atoms. The van der Waals surface area contributed by atoms with E-state index < -0.39 is 0 Å². The topological polar surface area (TPSA) is 64.9 Å². The Kier molecular flexibility index (Phi) is 4.33. The third-order valence-corrected chi connectivity index (χ3v) is 2.80. The Morgan fingerprint density at radius 3 is 2.58 bits per heavy atom. The van der Waals surface area contributed by atoms with Gasteiger partial charge in [-0.3, -0.25) is 4.68 Å². The van der Waals surface area contributed by atoms with Crippen LogP contribution in [-0.4, -0.2) is 33.4 Å². The van der Waals surface area contributed by atoms with Crippen LogP contribution in [0.5, 0.6) is 5.75 Å². The van der Waals surface area contributed by atoms with Gasteiger partial charge in [0.1, 0.15) is 0 Å². The maximum absolute atomic E-state index is 5.00. The van der Waals surface area contributed by atoms with Crippen LogP contribution >= 0.6 is 0 Å². The van der Waals surface area contributed by atoms with E-state index in [0.29, 0.717) is 11.7 Å². The molecule has 0 aromatic carbocycles. The quantitative estimate of drug-likeness (QED) is 0.803. The monoisotopic (exact) mass is 261 g/mol. The fourth-order valence-corrected chi connectivity index (χ4v) is 1.84. The zero-order chi connectivity index (χ0) is 13.7. The van der Waals surface area contributed by atoms with E-state index in [1.165, 1.54) is 5.69 Å². The number of nitrogens with zero attached hydrogens (tertiary/aromatic N) is 4. The second-order valence-electron chi connectivity index (χ2n) is 4.38. The van der Waals surface area contributed by atoms with Crippen LogP contribution < -0.4 is 10.1 Å². The Hall–Kier alpha value is -2.11. The molecule has 1 N–H and O–H groups in total. The molecule has 0 fully saturated rings. The molecule has 0 aliphatic heterocycles. The van der Waals surface area contributed by atoms with E-state index in [1.54, 1.807) is 19.5 Å². The fraction of sp³-hybridized carbons (Fsp3) is 0.462. The minimum Gasteiger partial charge on any atom is -0.494 e. The molecule has 2 heterocycles. The van der Waals surface area contributed by atoms with Crippen molar-refractivity contribution in [1.29, 1.82) is 0 Å². The van der Waals surface area contributed by atoms with E-state index >= 15 is 0 Å². The smallest absolute Gasteiger partial charge is 0.222 e. The average Bonchev–Trinajstić information content (AvgIpc) is 2.74. The first-order valence-corrected chi connectivity index (χ1v) is 6.30. The van der Waals surface area contributed by atoms with Crippen LogP contribution in [0.1, 0.15) is 17.8 Å². The van der Waals surface area contributed by atoms with E-state index in [0.717, 1.165) is 25.2 Å². The third-order valence-electron chi connectivity index (χ3n) is 2.80. The molecule has 0 aliphatic rings. The van der Waals surface area contributed by atoms with Crippen LogP contribution in [0.4, 0.5) is 5.95 Å². The number of methoxy groups -OCH3 is 1. The highest BCUT2D eigenvalue weighted by Crippen LogP contribution is 2.07. The van der Waals surface area contributed by atoms with Crippen molar-refractivity contribution in [2.75, 3.05) is 19.0 Å². The Balaban J connectivity index is 1.75. The molecule has 102 valence electrons. The molecule has 19 heavy (non-hydrogen) atoms. The van der Waals surface area contributed by atoms with Crippen molar-refractivity contribution < 1.29 is 4.74 Å². The van der Waals surface area contributed by atoms with Gasteiger partial charge in [0.2, 0.25) is 5.95 Å². The number of hydrogen-bond acceptors (Lipinski definition) is 5. The molecule has 2 rings (SSSR count). The zero-order valence-corrected chi connectivity index (χ0v) is 11.6. The molecule has 6 nitrogen and oxygen atoms in total. The summed E-state index contributed by atoms with van der Waals surface area (Å²) >= 11 is 0. The lowest BCUT2D eigenvalue weighted by molar-refractivity contribution is 0.411. The summed E-state index contributed by atoms with van der Waals surface area (Å²) in [5.74, 6) is 1.28. The molecule has 0 saturated carbocycles. The fourth-order valence-electron chi connectivity index (χ4n) is 1.84. The van der Waals surface area contributed by atoms with Gasteiger partial charge in [0, 0.05) is 18.8 Å². The summed E-state index contributed by atoms with van der Waals surface area (Å²) in [5.41, 5.74) is 2.25. The maximum atomic E-state index is 5.00. The van der Waals surface area contributed by atoms with E-state index in [1.807, 2.05) is 11.6 Å². The van der Waals surface area contributed by atoms with Gasteiger partial charge in [-0.25, -0.2) is 9.97 Å². The Labute approximate surface area is 112 Å². The predicted molar refractivity (Wildman–Crippen MR) is 73.4 cm³/mol. The number of ether oxygens (including phenoxy) is 1. The summed E-state index contributed by atoms with van der Waals surface area (Å²) in [5, 5.41) is 7.59. The molecular weight excluding hydrogens is 242 g/mol. The summed E-state index contributed by atoms with van der Waals surface area (Å²) in [6, 6.07) is 2.08. The molecular formula is C13H19N5O. The van der Waals surface area contributed by atoms with Crippen molar-refractivity contribution in [1.82, 2.24) is 19.7 Å². The molecule has 0 saturated heterocycles. The van der Waals surface area contributed by atoms with Gasteiger partial charge in [0.25, 0.3) is 0 Å². The van der Waals surface area contributed by atoms with Crippen LogP contribution in [0.15, 0.2) is 18.5 Å². The summed E-state index contributed by atoms with van der Waals surface area (Å²) < 4.78 is 7.02. The van der Waals surface area contributed by atoms with Gasteiger partial charge in [0.05, 0.1) is 25.2 Å². The number of aromatic nitrogens is 4. The van der Waals surface area contributed by atoms with Gasteiger partial charge in [-0.15, -0.1) is 0 Å². The minimum atomic E-state index is 0.620. The van der Waals surface area contributed by atoms with Crippen LogP contribution in [0.2, 0.25) is 0 Å². The highest BCUT2D eigenvalue weighted by atomic mass is 16.5. The number of rotatable bonds is 6. The van der Waals surface area contributed by atoms with E-state index in [4.69, 9.17) is 4.74 Å². The molecule has 0 aliphatic carbocycles. The first-order chi connectivity index (χ1) is 9.19. The maximum Gasteiger partial charge on any atom is 0.222 e. The molecule has 2 aromatic heterocycles. The Morgan fingerprint density at radius 1 is 1.26 bits per heavy atom. The van der Waals surface area contributed by atoms with Crippen molar-refractivity contribution >= 4 is 5.95 Å². The molecule has 0 atom stereocenters. The number of aryl methyl sites for hydroxylation is 3. The molecule has 0 unspecified atom stereocenters. The lowest BCUT2D eigenvalue weighted by Crippen LogP contribution is -2.10. The molecule has 6 heteroatoms. The van der Waals surface area contributed by atoms with Crippen molar-refractivity contribution in [3.05, 3.63) is 29.8 Å². The lowest BCUT2D eigenvalue weighted by Gasteiger charge is -2.06. The second kappa shape index (κ2) is 6.17. The predicted octanol–water partition coefficient (Wildman–Crippen LogP) is 1.80. The van der Waals surface area contributed by atoms with Crippen LogP contribution in [0, 0.1) is 13.8 Å². The Morgan fingerprint density at radius 2 is 2.00 bits per heavy atom. The molecule has 0 radical (unpaired) electrons. The summed E-state index contributed by atoms with van der Waals surface area (Å²) in [4.78, 5) is 8.29. The number of nitrogens with one attached hydrogen (secondary N) is 1. The summed E-state index contributed by atoms with van der Waals surface area (Å²) in [6.07, 6.45) is 4.27. The minimum absolute atomic E-state index is 0.620. The molecule has 0 bridgehead atoms. The van der Waals surface area contributed by atoms with E-state index in [2.05, 4.69) is 33.4 Å². The van der Waals surface area contributed by atoms with Gasteiger partial charge in [-0.1, -0.05) is 0 Å². The molecule has 2 aromatic rings. The zero-order valence-electron chi connectivity index (χ0n) is 11.6. The number of anilines is 1. The standard InChI is InChI=1S/C13H19N5O/c1-10-7-11(2)18(17-10)6-4-5-14-13-15-8-12(19-3)9-16-13/h7-9H,4-6H2,1-3H3,(H,14,15,16). The largest absolute Gasteiger partial charge is 0.494 e. The van der Waals surface area contributed by atoms with E-state index in [9.17, 15) is 0 Å². The van der Waals surface area contributed by atoms with Gasteiger partial charge in [0.15, 0.2) is 5.75 Å². The first-order valence-electron chi connectivity index (χ1n) is 6.30. The SMILES string of the molecule is COc1cnc(NCCCn2nc(C)cc2C)nc1. The second-order valence-corrected chi connectivity index (χ2v) is 4.38. The van der Waals surface area contributed by atoms with Gasteiger partial charge in [-0.05, 0) is 26.3 Å². The Bertz CT molecular complexity index is 520. The average molecular weight is 261 g/mol. The van der Waals surface area contributed by atoms with Crippen LogP contribution in [0.25, 0.3) is 0 Å². The highest BCUT2D eigenvalue weighted by molar-refractivity contribution is 5.26. The van der Waals surface area contributed by atoms with Crippen LogP contribution in [-0.2, 0) is 6.54 Å². The number of hydrogen-bond donors (Lipinski definition) is 1. The lowest BCUT2D eigenvalue weighted by atomic mass is 10.4. The highest BCUT2D eigenvalue weighted by Gasteiger charge is 2.01. The van der Waals surface area contributed by atoms with Crippen LogP contribution in [0.3, 0.4) is 0 Å². The van der Waals surface area contributed by atoms with Crippen molar-refractivity contribution in [2.24, 2.45) is 0 Å². The van der Waals surface area contributed by atoms with Crippen molar-refractivity contribution in [2.45, 2.75) is 26.8 Å². The van der Waals surface area contributed by atoms with Crippen molar-refractivity contribution in [3.63, 3.8) is 0 Å². The normalized spacial score (nSPS) is 10.5. The summed E-state index contributed by atoms with van der Waals surface area (Å²) in [6.45, 7) is 5.78. The van der Waals surface area contributed by atoms with Crippen molar-refractivity contribution in [3.8, 4) is 5.75 Å².